The molecule has 1 saturated heterocycles. The maximum absolute atomic E-state index is 11.9. The molecule has 0 aromatic carbocycles. The third-order valence-electron chi connectivity index (χ3n) is 3.71. The summed E-state index contributed by atoms with van der Waals surface area (Å²) >= 11 is 0. The largest absolute Gasteiger partial charge is 0.391 e. The molecule has 0 saturated carbocycles. The molecule has 0 bridgehead atoms. The van der Waals surface area contributed by atoms with Gasteiger partial charge in [0.15, 0.2) is 0 Å². The molecule has 1 heterocycles. The number of nitrogens with one attached hydrogen (secondary N) is 1. The molecule has 2 amide bonds. The van der Waals surface area contributed by atoms with E-state index in [9.17, 15) is 14.7 Å². The molecule has 1 fully saturated rings. The number of likely N-dealkylation sites (tertiary alicyclic amines) is 1. The van der Waals surface area contributed by atoms with Crippen LogP contribution in [0.15, 0.2) is 0 Å². The highest BCUT2D eigenvalue weighted by molar-refractivity contribution is 5.76. The van der Waals surface area contributed by atoms with Crippen molar-refractivity contribution < 1.29 is 14.7 Å². The average molecular weight is 270 g/mol. The maximum Gasteiger partial charge on any atom is 0.222 e. The first-order chi connectivity index (χ1) is 9.00. The van der Waals surface area contributed by atoms with E-state index in [4.69, 9.17) is 0 Å². The van der Waals surface area contributed by atoms with Gasteiger partial charge in [-0.3, -0.25) is 9.59 Å². The molecule has 5 nitrogen and oxygen atoms in total. The monoisotopic (exact) mass is 270 g/mol. The van der Waals surface area contributed by atoms with Crippen LogP contribution in [0.2, 0.25) is 0 Å². The highest BCUT2D eigenvalue weighted by atomic mass is 16.3. The fraction of sp³-hybridized carbons (Fsp3) is 0.857. The van der Waals surface area contributed by atoms with Gasteiger partial charge >= 0.3 is 0 Å². The minimum absolute atomic E-state index is 0.00694. The van der Waals surface area contributed by atoms with Crippen LogP contribution in [-0.4, -0.2) is 47.6 Å². The number of rotatable bonds is 6. The van der Waals surface area contributed by atoms with Gasteiger partial charge in [-0.1, -0.05) is 13.3 Å². The van der Waals surface area contributed by atoms with E-state index in [0.717, 1.165) is 32.2 Å². The number of aliphatic hydroxyl groups excluding tert-OH is 1. The van der Waals surface area contributed by atoms with Gasteiger partial charge in [-0.2, -0.15) is 0 Å². The average Bonchev–Trinajstić information content (AvgIpc) is 2.36. The lowest BCUT2D eigenvalue weighted by Gasteiger charge is -2.34. The second-order valence-electron chi connectivity index (χ2n) is 5.47. The van der Waals surface area contributed by atoms with E-state index in [1.165, 1.54) is 6.92 Å². The zero-order valence-corrected chi connectivity index (χ0v) is 12.0. The van der Waals surface area contributed by atoms with E-state index in [1.807, 2.05) is 6.92 Å². The third-order valence-corrected chi connectivity index (χ3v) is 3.71. The molecule has 1 aliphatic rings. The molecular formula is C14H26N2O3. The molecule has 0 spiro atoms. The Morgan fingerprint density at radius 1 is 1.32 bits per heavy atom. The number of carbonyl (C=O) groups excluding carboxylic acids is 2. The SMILES string of the molecule is CC(=O)NCCCCCC(=O)N1CCC(C)C(O)C1. The van der Waals surface area contributed by atoms with Crippen molar-refractivity contribution in [1.82, 2.24) is 10.2 Å². The van der Waals surface area contributed by atoms with Crippen molar-refractivity contribution in [3.8, 4) is 0 Å². The topological polar surface area (TPSA) is 69.6 Å². The van der Waals surface area contributed by atoms with Crippen LogP contribution in [0.5, 0.6) is 0 Å². The minimum atomic E-state index is -0.377. The highest BCUT2D eigenvalue weighted by Crippen LogP contribution is 2.18. The van der Waals surface area contributed by atoms with Gasteiger partial charge in [0.1, 0.15) is 0 Å². The fourth-order valence-corrected chi connectivity index (χ4v) is 2.28. The summed E-state index contributed by atoms with van der Waals surface area (Å²) in [5.41, 5.74) is 0. The molecule has 0 aromatic heterocycles. The van der Waals surface area contributed by atoms with E-state index >= 15 is 0 Å². The number of hydrogen-bond donors (Lipinski definition) is 2. The Labute approximate surface area is 115 Å². The lowest BCUT2D eigenvalue weighted by molar-refractivity contribution is -0.135. The number of piperidine rings is 1. The van der Waals surface area contributed by atoms with E-state index in [0.29, 0.717) is 25.4 Å². The number of amides is 2. The summed E-state index contributed by atoms with van der Waals surface area (Å²) in [6.45, 7) is 5.46. The highest BCUT2D eigenvalue weighted by Gasteiger charge is 2.26. The van der Waals surface area contributed by atoms with Gasteiger partial charge in [0, 0.05) is 33.0 Å². The predicted molar refractivity (Wildman–Crippen MR) is 73.5 cm³/mol. The molecule has 1 aliphatic heterocycles. The molecule has 0 aliphatic carbocycles. The van der Waals surface area contributed by atoms with Gasteiger partial charge in [-0.05, 0) is 25.2 Å². The van der Waals surface area contributed by atoms with Crippen molar-refractivity contribution in [2.75, 3.05) is 19.6 Å². The van der Waals surface area contributed by atoms with Crippen molar-refractivity contribution in [1.29, 1.82) is 0 Å². The fourth-order valence-electron chi connectivity index (χ4n) is 2.28. The van der Waals surface area contributed by atoms with E-state index in [2.05, 4.69) is 5.32 Å². The molecule has 5 heteroatoms. The van der Waals surface area contributed by atoms with Crippen LogP contribution in [0.3, 0.4) is 0 Å². The van der Waals surface area contributed by atoms with Crippen molar-refractivity contribution >= 4 is 11.8 Å². The van der Waals surface area contributed by atoms with Gasteiger partial charge in [0.25, 0.3) is 0 Å². The van der Waals surface area contributed by atoms with Crippen LogP contribution in [0.4, 0.5) is 0 Å². The summed E-state index contributed by atoms with van der Waals surface area (Å²) in [6.07, 6.45) is 3.75. The Morgan fingerprint density at radius 2 is 2.05 bits per heavy atom. The normalized spacial score (nSPS) is 23.2. The van der Waals surface area contributed by atoms with Crippen molar-refractivity contribution in [3.05, 3.63) is 0 Å². The molecular weight excluding hydrogens is 244 g/mol. The Bertz CT molecular complexity index is 307. The van der Waals surface area contributed by atoms with Crippen molar-refractivity contribution in [2.24, 2.45) is 5.92 Å². The Morgan fingerprint density at radius 3 is 2.68 bits per heavy atom. The zero-order valence-electron chi connectivity index (χ0n) is 12.0. The van der Waals surface area contributed by atoms with Crippen LogP contribution in [0, 0.1) is 5.92 Å². The van der Waals surface area contributed by atoms with E-state index in [1.54, 1.807) is 4.90 Å². The second-order valence-corrected chi connectivity index (χ2v) is 5.47. The van der Waals surface area contributed by atoms with Crippen LogP contribution >= 0.6 is 0 Å². The number of carbonyl (C=O) groups is 2. The molecule has 2 unspecified atom stereocenters. The standard InChI is InChI=1S/C14H26N2O3/c1-11-7-9-16(10-13(11)18)14(19)6-4-3-5-8-15-12(2)17/h11,13,18H,3-10H2,1-2H3,(H,15,17). The van der Waals surface area contributed by atoms with Gasteiger partial charge in [-0.15, -0.1) is 0 Å². The summed E-state index contributed by atoms with van der Waals surface area (Å²) in [4.78, 5) is 24.4. The van der Waals surface area contributed by atoms with Crippen LogP contribution in [-0.2, 0) is 9.59 Å². The van der Waals surface area contributed by atoms with Crippen LogP contribution < -0.4 is 5.32 Å². The minimum Gasteiger partial charge on any atom is -0.391 e. The van der Waals surface area contributed by atoms with Gasteiger partial charge in [-0.25, -0.2) is 0 Å². The van der Waals surface area contributed by atoms with E-state index in [-0.39, 0.29) is 17.9 Å². The number of hydrogen-bond acceptors (Lipinski definition) is 3. The lowest BCUT2D eigenvalue weighted by atomic mass is 9.96. The molecule has 110 valence electrons. The molecule has 2 N–H and O–H groups in total. The van der Waals surface area contributed by atoms with Gasteiger partial charge in [0.2, 0.25) is 11.8 Å². The van der Waals surface area contributed by atoms with Crippen molar-refractivity contribution in [3.63, 3.8) is 0 Å². The number of unbranched alkanes of at least 4 members (excludes halogenated alkanes) is 2. The summed E-state index contributed by atoms with van der Waals surface area (Å²) in [7, 11) is 0. The lowest BCUT2D eigenvalue weighted by Crippen LogP contribution is -2.45. The third kappa shape index (κ3) is 6.05. The first-order valence-corrected chi connectivity index (χ1v) is 7.21. The molecule has 19 heavy (non-hydrogen) atoms. The molecule has 2 atom stereocenters. The summed E-state index contributed by atoms with van der Waals surface area (Å²) in [5, 5.41) is 12.5. The molecule has 0 aromatic rings. The number of aliphatic hydroxyl groups is 1. The van der Waals surface area contributed by atoms with Gasteiger partial charge < -0.3 is 15.3 Å². The Kier molecular flexibility index (Phi) is 6.84. The zero-order chi connectivity index (χ0) is 14.3. The number of β-amino-alcohol motifs (C(OH)–C–C–N with tert-alkyl or cyclic N) is 1. The first-order valence-electron chi connectivity index (χ1n) is 7.21. The Balaban J connectivity index is 2.09. The number of nitrogens with zero attached hydrogens (tertiary/aromatic N) is 1. The molecule has 0 radical (unpaired) electrons. The molecule has 1 rings (SSSR count). The smallest absolute Gasteiger partial charge is 0.222 e. The second kappa shape index (κ2) is 8.15. The summed E-state index contributed by atoms with van der Waals surface area (Å²) in [5.74, 6) is 0.430. The van der Waals surface area contributed by atoms with Crippen LogP contribution in [0.1, 0.15) is 46.0 Å². The predicted octanol–water partition coefficient (Wildman–Crippen LogP) is 0.912. The van der Waals surface area contributed by atoms with E-state index < -0.39 is 0 Å². The maximum atomic E-state index is 11.9. The van der Waals surface area contributed by atoms with Crippen molar-refractivity contribution in [2.45, 2.75) is 52.1 Å². The summed E-state index contributed by atoms with van der Waals surface area (Å²) in [6, 6.07) is 0. The Hall–Kier alpha value is -1.10. The van der Waals surface area contributed by atoms with Crippen LogP contribution in [0.25, 0.3) is 0 Å². The van der Waals surface area contributed by atoms with Gasteiger partial charge in [0.05, 0.1) is 6.10 Å². The quantitative estimate of drug-likeness (QED) is 0.705. The first kappa shape index (κ1) is 16.0. The summed E-state index contributed by atoms with van der Waals surface area (Å²) < 4.78 is 0.